The van der Waals surface area contributed by atoms with Gasteiger partial charge in [-0.1, -0.05) is 41.9 Å². The molecule has 1 unspecified atom stereocenters. The molecule has 1 amide bonds. The second kappa shape index (κ2) is 10.7. The number of benzene rings is 3. The standard InChI is InChI=1S/C28H21ClN4O5/c29-19-10-6-17(7-11-19)22-14-25(18-8-12-21(13-9-18)38-20-4-2-1-3-5-20)33-26(30-22)15-23(32-33)27(35)31-24(16-34)28(36)37/h1-15,24,34H,16H2,(H,31,35)(H,36,37). The summed E-state index contributed by atoms with van der Waals surface area (Å²) in [6.45, 7) is -0.754. The van der Waals surface area contributed by atoms with Gasteiger partial charge in [-0.2, -0.15) is 5.10 Å². The van der Waals surface area contributed by atoms with Gasteiger partial charge >= 0.3 is 5.97 Å². The van der Waals surface area contributed by atoms with Gasteiger partial charge in [0.2, 0.25) is 0 Å². The van der Waals surface area contributed by atoms with E-state index in [9.17, 15) is 14.7 Å². The number of hydrogen-bond donors (Lipinski definition) is 3. The molecule has 0 saturated heterocycles. The van der Waals surface area contributed by atoms with Gasteiger partial charge in [0.05, 0.1) is 18.0 Å². The summed E-state index contributed by atoms with van der Waals surface area (Å²) in [4.78, 5) is 28.6. The number of carbonyl (C=O) groups excluding carboxylic acids is 1. The molecule has 0 saturated carbocycles. The van der Waals surface area contributed by atoms with Crippen LogP contribution in [0.4, 0.5) is 0 Å². The van der Waals surface area contributed by atoms with Gasteiger partial charge in [-0.15, -0.1) is 0 Å². The van der Waals surface area contributed by atoms with Gasteiger partial charge in [-0.05, 0) is 54.6 Å². The number of carbonyl (C=O) groups is 2. The molecule has 5 rings (SSSR count). The van der Waals surface area contributed by atoms with Crippen LogP contribution in [0.3, 0.4) is 0 Å². The minimum absolute atomic E-state index is 0.0456. The maximum atomic E-state index is 12.7. The van der Waals surface area contributed by atoms with Crippen molar-refractivity contribution in [3.8, 4) is 34.0 Å². The van der Waals surface area contributed by atoms with E-state index in [1.54, 1.807) is 12.1 Å². The molecule has 5 aromatic rings. The minimum Gasteiger partial charge on any atom is -0.480 e. The maximum absolute atomic E-state index is 12.7. The SMILES string of the molecule is O=C(NC(CO)C(=O)O)c1cc2nc(-c3ccc(Cl)cc3)cc(-c3ccc(Oc4ccccc4)cc3)n2n1. The number of carboxylic acid groups (broad SMARTS) is 1. The fraction of sp³-hybridized carbons (Fsp3) is 0.0714. The van der Waals surface area contributed by atoms with E-state index in [2.05, 4.69) is 15.4 Å². The molecule has 9 nitrogen and oxygen atoms in total. The lowest BCUT2D eigenvalue weighted by Gasteiger charge is -2.11. The van der Waals surface area contributed by atoms with E-state index in [1.807, 2.05) is 72.8 Å². The molecule has 0 fully saturated rings. The van der Waals surface area contributed by atoms with Gasteiger partial charge in [0.15, 0.2) is 17.4 Å². The smallest absolute Gasteiger partial charge is 0.328 e. The minimum atomic E-state index is -1.46. The predicted octanol–water partition coefficient (Wildman–Crippen LogP) is 4.68. The number of nitrogens with one attached hydrogen (secondary N) is 1. The number of para-hydroxylation sites is 1. The topological polar surface area (TPSA) is 126 Å². The quantitative estimate of drug-likeness (QED) is 0.267. The first-order valence-electron chi connectivity index (χ1n) is 11.6. The molecule has 0 radical (unpaired) electrons. The highest BCUT2D eigenvalue weighted by atomic mass is 35.5. The number of aliphatic hydroxyl groups is 1. The highest BCUT2D eigenvalue weighted by molar-refractivity contribution is 6.30. The van der Waals surface area contributed by atoms with Crippen LogP contribution in [0.25, 0.3) is 28.2 Å². The number of rotatable bonds is 8. The lowest BCUT2D eigenvalue weighted by Crippen LogP contribution is -2.43. The number of carboxylic acids is 1. The average Bonchev–Trinajstić information content (AvgIpc) is 3.37. The Balaban J connectivity index is 1.56. The third kappa shape index (κ3) is 5.34. The van der Waals surface area contributed by atoms with Crippen molar-refractivity contribution >= 4 is 29.1 Å². The molecule has 38 heavy (non-hydrogen) atoms. The van der Waals surface area contributed by atoms with Crippen molar-refractivity contribution in [1.82, 2.24) is 19.9 Å². The third-order valence-electron chi connectivity index (χ3n) is 5.71. The van der Waals surface area contributed by atoms with E-state index in [1.165, 1.54) is 10.6 Å². The fourth-order valence-electron chi connectivity index (χ4n) is 3.80. The molecular weight excluding hydrogens is 508 g/mol. The van der Waals surface area contributed by atoms with E-state index in [-0.39, 0.29) is 5.69 Å². The van der Waals surface area contributed by atoms with Crippen molar-refractivity contribution in [2.24, 2.45) is 0 Å². The van der Waals surface area contributed by atoms with Gasteiger partial charge in [-0.25, -0.2) is 14.3 Å². The van der Waals surface area contributed by atoms with Gasteiger partial charge in [0, 0.05) is 22.2 Å². The fourth-order valence-corrected chi connectivity index (χ4v) is 3.92. The molecule has 10 heteroatoms. The van der Waals surface area contributed by atoms with Crippen molar-refractivity contribution in [2.45, 2.75) is 6.04 Å². The summed E-state index contributed by atoms with van der Waals surface area (Å²) < 4.78 is 7.40. The van der Waals surface area contributed by atoms with Crippen LogP contribution in [0.5, 0.6) is 11.5 Å². The zero-order chi connectivity index (χ0) is 26.6. The molecule has 0 aliphatic heterocycles. The highest BCUT2D eigenvalue weighted by Crippen LogP contribution is 2.30. The van der Waals surface area contributed by atoms with Crippen molar-refractivity contribution < 1.29 is 24.5 Å². The molecule has 0 aliphatic carbocycles. The molecule has 2 heterocycles. The number of ether oxygens (including phenoxy) is 1. The number of aliphatic hydroxyl groups excluding tert-OH is 1. The molecule has 1 atom stereocenters. The van der Waals surface area contributed by atoms with Crippen molar-refractivity contribution in [1.29, 1.82) is 0 Å². The monoisotopic (exact) mass is 528 g/mol. The molecule has 3 aromatic carbocycles. The second-order valence-corrected chi connectivity index (χ2v) is 8.76. The molecule has 3 N–H and O–H groups in total. The van der Waals surface area contributed by atoms with Gasteiger partial charge in [-0.3, -0.25) is 4.79 Å². The number of aliphatic carboxylic acids is 1. The Kier molecular flexibility index (Phi) is 7.03. The van der Waals surface area contributed by atoms with Crippen molar-refractivity contribution in [3.63, 3.8) is 0 Å². The van der Waals surface area contributed by atoms with E-state index >= 15 is 0 Å². The van der Waals surface area contributed by atoms with Gasteiger partial charge < -0.3 is 20.3 Å². The van der Waals surface area contributed by atoms with Crippen LogP contribution < -0.4 is 10.1 Å². The number of amides is 1. The molecular formula is C28H21ClN4O5. The molecule has 0 spiro atoms. The molecule has 190 valence electrons. The Morgan fingerprint density at radius 3 is 2.24 bits per heavy atom. The Morgan fingerprint density at radius 1 is 0.921 bits per heavy atom. The van der Waals surface area contributed by atoms with Gasteiger partial charge in [0.25, 0.3) is 5.91 Å². The number of nitrogens with zero attached hydrogens (tertiary/aromatic N) is 3. The van der Waals surface area contributed by atoms with Crippen LogP contribution in [0.2, 0.25) is 5.02 Å². The summed E-state index contributed by atoms with van der Waals surface area (Å²) in [7, 11) is 0. The van der Waals surface area contributed by atoms with Crippen LogP contribution in [0, 0.1) is 0 Å². The number of aromatic nitrogens is 3. The highest BCUT2D eigenvalue weighted by Gasteiger charge is 2.22. The van der Waals surface area contributed by atoms with Crippen LogP contribution in [0.15, 0.2) is 91.0 Å². The van der Waals surface area contributed by atoms with E-state index < -0.39 is 24.5 Å². The Morgan fingerprint density at radius 2 is 1.58 bits per heavy atom. The largest absolute Gasteiger partial charge is 0.480 e. The molecule has 2 aromatic heterocycles. The lowest BCUT2D eigenvalue weighted by atomic mass is 10.1. The summed E-state index contributed by atoms with van der Waals surface area (Å²) in [5.74, 6) is -0.747. The maximum Gasteiger partial charge on any atom is 0.328 e. The molecule has 0 aliphatic rings. The van der Waals surface area contributed by atoms with E-state index in [0.29, 0.717) is 33.6 Å². The predicted molar refractivity (Wildman–Crippen MR) is 141 cm³/mol. The first kappa shape index (κ1) is 24.9. The zero-order valence-electron chi connectivity index (χ0n) is 19.8. The Bertz CT molecular complexity index is 1600. The summed E-state index contributed by atoms with van der Waals surface area (Å²) >= 11 is 6.06. The average molecular weight is 529 g/mol. The number of fused-ring (bicyclic) bond motifs is 1. The zero-order valence-corrected chi connectivity index (χ0v) is 20.5. The van der Waals surface area contributed by atoms with Crippen LogP contribution in [-0.2, 0) is 4.79 Å². The first-order valence-corrected chi connectivity index (χ1v) is 11.9. The van der Waals surface area contributed by atoms with Gasteiger partial charge in [0.1, 0.15) is 11.5 Å². The summed E-state index contributed by atoms with van der Waals surface area (Å²) in [5, 5.41) is 25.7. The van der Waals surface area contributed by atoms with E-state index in [4.69, 9.17) is 21.4 Å². The van der Waals surface area contributed by atoms with Crippen LogP contribution in [-0.4, -0.2) is 49.3 Å². The second-order valence-electron chi connectivity index (χ2n) is 8.32. The summed E-state index contributed by atoms with van der Waals surface area (Å²) in [5.41, 5.74) is 3.18. The first-order chi connectivity index (χ1) is 18.4. The molecule has 0 bridgehead atoms. The number of hydrogen-bond acceptors (Lipinski definition) is 6. The Labute approximate surface area is 221 Å². The summed E-state index contributed by atoms with van der Waals surface area (Å²) in [6.07, 6.45) is 0. The Hall–Kier alpha value is -4.73. The normalized spacial score (nSPS) is 11.7. The van der Waals surface area contributed by atoms with E-state index in [0.717, 1.165) is 11.1 Å². The summed E-state index contributed by atoms with van der Waals surface area (Å²) in [6, 6.07) is 25.8. The lowest BCUT2D eigenvalue weighted by molar-refractivity contribution is -0.140. The van der Waals surface area contributed by atoms with Crippen molar-refractivity contribution in [2.75, 3.05) is 6.61 Å². The number of halogens is 1. The van der Waals surface area contributed by atoms with Crippen LogP contribution >= 0.6 is 11.6 Å². The third-order valence-corrected chi connectivity index (χ3v) is 5.97. The van der Waals surface area contributed by atoms with Crippen LogP contribution in [0.1, 0.15) is 10.5 Å². The van der Waals surface area contributed by atoms with Crippen molar-refractivity contribution in [3.05, 3.63) is 102 Å².